The van der Waals surface area contributed by atoms with Crippen molar-refractivity contribution in [3.05, 3.63) is 59.2 Å². The molecular formula is C21H19ClN2O4. The molecule has 6 nitrogen and oxygen atoms in total. The molecule has 0 saturated carbocycles. The van der Waals surface area contributed by atoms with E-state index >= 15 is 0 Å². The molecule has 4 rings (SSSR count). The predicted octanol–water partition coefficient (Wildman–Crippen LogP) is 4.48. The lowest BCUT2D eigenvalue weighted by atomic mass is 10.0. The van der Waals surface area contributed by atoms with Crippen molar-refractivity contribution in [3.63, 3.8) is 0 Å². The molecule has 0 bridgehead atoms. The molecule has 1 atom stereocenters. The summed E-state index contributed by atoms with van der Waals surface area (Å²) >= 11 is 6.23. The molecule has 0 unspecified atom stereocenters. The second-order valence-corrected chi connectivity index (χ2v) is 6.70. The summed E-state index contributed by atoms with van der Waals surface area (Å²) in [6, 6.07) is 13.1. The molecule has 0 saturated heterocycles. The van der Waals surface area contributed by atoms with Gasteiger partial charge in [0.1, 0.15) is 17.9 Å². The van der Waals surface area contributed by atoms with Gasteiger partial charge in [-0.3, -0.25) is 4.98 Å². The molecule has 1 aromatic heterocycles. The smallest absolute Gasteiger partial charge is 0.167 e. The standard InChI is InChI=1S/C21H19ClN2O4/c1-25-18-7-5-13(10-20(18)26-2)17-11-14(28-24-17)12-27-19-8-6-16(22)15-4-3-9-23-21(15)19/h3-10,14H,11-12H2,1-2H3/t14-/m0/s1. The number of ether oxygens (including phenoxy) is 3. The first-order chi connectivity index (χ1) is 13.7. The fraction of sp³-hybridized carbons (Fsp3) is 0.238. The zero-order valence-electron chi connectivity index (χ0n) is 15.5. The van der Waals surface area contributed by atoms with Crippen molar-refractivity contribution in [1.29, 1.82) is 0 Å². The Labute approximate surface area is 167 Å². The SMILES string of the molecule is COc1ccc(C2=NO[C@H](COc3ccc(Cl)c4cccnc34)C2)cc1OC. The van der Waals surface area contributed by atoms with Gasteiger partial charge in [0, 0.05) is 23.6 Å². The molecule has 1 aliphatic heterocycles. The van der Waals surface area contributed by atoms with Crippen LogP contribution in [0.15, 0.2) is 53.8 Å². The van der Waals surface area contributed by atoms with Crippen molar-refractivity contribution in [2.75, 3.05) is 20.8 Å². The van der Waals surface area contributed by atoms with Crippen molar-refractivity contribution in [2.45, 2.75) is 12.5 Å². The van der Waals surface area contributed by atoms with Crippen LogP contribution in [0.1, 0.15) is 12.0 Å². The average molecular weight is 399 g/mol. The van der Waals surface area contributed by atoms with E-state index in [4.69, 9.17) is 30.6 Å². The summed E-state index contributed by atoms with van der Waals surface area (Å²) in [5.74, 6) is 2.00. The molecule has 2 aromatic carbocycles. The van der Waals surface area contributed by atoms with Crippen molar-refractivity contribution in [1.82, 2.24) is 4.98 Å². The van der Waals surface area contributed by atoms with E-state index in [0.717, 1.165) is 22.2 Å². The third-order valence-electron chi connectivity index (χ3n) is 4.55. The van der Waals surface area contributed by atoms with E-state index in [0.29, 0.717) is 35.3 Å². The van der Waals surface area contributed by atoms with Crippen molar-refractivity contribution in [2.24, 2.45) is 5.16 Å². The number of methoxy groups -OCH3 is 2. The summed E-state index contributed by atoms with van der Waals surface area (Å²) in [6.07, 6.45) is 2.17. The maximum atomic E-state index is 6.23. The van der Waals surface area contributed by atoms with Crippen LogP contribution in [0.4, 0.5) is 0 Å². The zero-order valence-corrected chi connectivity index (χ0v) is 16.3. The summed E-state index contributed by atoms with van der Waals surface area (Å²) in [4.78, 5) is 9.93. The lowest BCUT2D eigenvalue weighted by molar-refractivity contribution is 0.0475. The first kappa shape index (κ1) is 18.4. The maximum Gasteiger partial charge on any atom is 0.167 e. The van der Waals surface area contributed by atoms with Crippen LogP contribution in [-0.2, 0) is 4.84 Å². The highest BCUT2D eigenvalue weighted by atomic mass is 35.5. The van der Waals surface area contributed by atoms with Gasteiger partial charge in [-0.1, -0.05) is 16.8 Å². The largest absolute Gasteiger partial charge is 0.493 e. The van der Waals surface area contributed by atoms with E-state index in [2.05, 4.69) is 10.1 Å². The number of fused-ring (bicyclic) bond motifs is 1. The van der Waals surface area contributed by atoms with E-state index in [-0.39, 0.29) is 6.10 Å². The Morgan fingerprint density at radius 2 is 1.89 bits per heavy atom. The van der Waals surface area contributed by atoms with Gasteiger partial charge in [-0.05, 0) is 42.5 Å². The van der Waals surface area contributed by atoms with Crippen molar-refractivity contribution < 1.29 is 19.0 Å². The van der Waals surface area contributed by atoms with Gasteiger partial charge in [-0.25, -0.2) is 0 Å². The molecule has 144 valence electrons. The Hall–Kier alpha value is -2.99. The Morgan fingerprint density at radius 3 is 2.71 bits per heavy atom. The van der Waals surface area contributed by atoms with E-state index < -0.39 is 0 Å². The minimum Gasteiger partial charge on any atom is -0.493 e. The Bertz CT molecular complexity index is 1040. The third-order valence-corrected chi connectivity index (χ3v) is 4.88. The number of hydrogen-bond acceptors (Lipinski definition) is 6. The fourth-order valence-corrected chi connectivity index (χ4v) is 3.33. The van der Waals surface area contributed by atoms with Crippen LogP contribution in [0.25, 0.3) is 10.9 Å². The molecule has 0 fully saturated rings. The maximum absolute atomic E-state index is 6.23. The Balaban J connectivity index is 1.44. The normalized spacial score (nSPS) is 15.8. The van der Waals surface area contributed by atoms with Gasteiger partial charge in [0.05, 0.1) is 25.0 Å². The van der Waals surface area contributed by atoms with Crippen molar-refractivity contribution >= 4 is 28.2 Å². The highest BCUT2D eigenvalue weighted by Gasteiger charge is 2.24. The van der Waals surface area contributed by atoms with E-state index in [1.165, 1.54) is 0 Å². The number of benzene rings is 2. The number of nitrogens with zero attached hydrogens (tertiary/aromatic N) is 2. The van der Waals surface area contributed by atoms with Gasteiger partial charge in [0.15, 0.2) is 17.6 Å². The van der Waals surface area contributed by atoms with Gasteiger partial charge >= 0.3 is 0 Å². The van der Waals surface area contributed by atoms with Gasteiger partial charge in [0.2, 0.25) is 0 Å². The average Bonchev–Trinajstić information content (AvgIpc) is 3.22. The second-order valence-electron chi connectivity index (χ2n) is 6.30. The minimum absolute atomic E-state index is 0.183. The van der Waals surface area contributed by atoms with E-state index in [1.807, 2.05) is 42.5 Å². The number of halogens is 1. The lowest BCUT2D eigenvalue weighted by Gasteiger charge is -2.12. The molecule has 28 heavy (non-hydrogen) atoms. The summed E-state index contributed by atoms with van der Waals surface area (Å²) < 4.78 is 16.6. The van der Waals surface area contributed by atoms with E-state index in [1.54, 1.807) is 20.4 Å². The quantitative estimate of drug-likeness (QED) is 0.612. The molecule has 0 amide bonds. The molecule has 2 heterocycles. The topological polar surface area (TPSA) is 62.2 Å². The summed E-state index contributed by atoms with van der Waals surface area (Å²) in [5, 5.41) is 5.71. The van der Waals surface area contributed by atoms with Crippen LogP contribution in [0.3, 0.4) is 0 Å². The first-order valence-electron chi connectivity index (χ1n) is 8.80. The number of rotatable bonds is 6. The number of pyridine rings is 1. The van der Waals surface area contributed by atoms with Crippen LogP contribution in [0.2, 0.25) is 5.02 Å². The molecule has 1 aliphatic rings. The van der Waals surface area contributed by atoms with Crippen molar-refractivity contribution in [3.8, 4) is 17.2 Å². The molecule has 0 aliphatic carbocycles. The monoisotopic (exact) mass is 398 g/mol. The molecule has 0 radical (unpaired) electrons. The van der Waals surface area contributed by atoms with Crippen LogP contribution >= 0.6 is 11.6 Å². The highest BCUT2D eigenvalue weighted by Crippen LogP contribution is 2.31. The zero-order chi connectivity index (χ0) is 19.5. The van der Waals surface area contributed by atoms with Crippen LogP contribution in [0, 0.1) is 0 Å². The lowest BCUT2D eigenvalue weighted by Crippen LogP contribution is -2.18. The predicted molar refractivity (Wildman–Crippen MR) is 108 cm³/mol. The summed E-state index contributed by atoms with van der Waals surface area (Å²) in [6.45, 7) is 0.355. The highest BCUT2D eigenvalue weighted by molar-refractivity contribution is 6.35. The van der Waals surface area contributed by atoms with Gasteiger partial charge in [-0.15, -0.1) is 0 Å². The van der Waals surface area contributed by atoms with Gasteiger partial charge < -0.3 is 19.0 Å². The Kier molecular flexibility index (Phi) is 5.21. The molecule has 0 spiro atoms. The summed E-state index contributed by atoms with van der Waals surface area (Å²) in [5.41, 5.74) is 2.50. The van der Waals surface area contributed by atoms with E-state index in [9.17, 15) is 0 Å². The molecule has 0 N–H and O–H groups in total. The second kappa shape index (κ2) is 7.94. The Morgan fingerprint density at radius 1 is 1.07 bits per heavy atom. The number of hydrogen-bond donors (Lipinski definition) is 0. The van der Waals surface area contributed by atoms with Crippen LogP contribution < -0.4 is 14.2 Å². The van der Waals surface area contributed by atoms with Gasteiger partial charge in [0.25, 0.3) is 0 Å². The van der Waals surface area contributed by atoms with Crippen LogP contribution in [0.5, 0.6) is 17.2 Å². The summed E-state index contributed by atoms with van der Waals surface area (Å²) in [7, 11) is 3.21. The number of aromatic nitrogens is 1. The molecular weight excluding hydrogens is 380 g/mol. The molecule has 7 heteroatoms. The van der Waals surface area contributed by atoms with Gasteiger partial charge in [-0.2, -0.15) is 0 Å². The number of oxime groups is 1. The fourth-order valence-electron chi connectivity index (χ4n) is 3.12. The minimum atomic E-state index is -0.183. The van der Waals surface area contributed by atoms with Crippen LogP contribution in [-0.4, -0.2) is 37.6 Å². The third kappa shape index (κ3) is 3.55. The molecule has 3 aromatic rings. The first-order valence-corrected chi connectivity index (χ1v) is 9.18.